The van der Waals surface area contributed by atoms with E-state index in [1.807, 2.05) is 31.7 Å². The Morgan fingerprint density at radius 3 is 2.80 bits per heavy atom. The zero-order chi connectivity index (χ0) is 24.9. The Balaban J connectivity index is 1.44. The number of hydrogen-bond donors (Lipinski definition) is 3. The van der Waals surface area contributed by atoms with E-state index in [4.69, 9.17) is 10.5 Å². The predicted molar refractivity (Wildman–Crippen MR) is 128 cm³/mol. The minimum atomic E-state index is -1.02. The Kier molecular flexibility index (Phi) is 5.59. The van der Waals surface area contributed by atoms with Gasteiger partial charge in [-0.25, -0.2) is 29.1 Å². The maximum absolute atomic E-state index is 14.5. The number of carbonyl (C=O) groups is 1. The van der Waals surface area contributed by atoms with Crippen molar-refractivity contribution in [3.63, 3.8) is 0 Å². The van der Waals surface area contributed by atoms with E-state index in [0.717, 1.165) is 30.0 Å². The molecule has 0 saturated carbocycles. The van der Waals surface area contributed by atoms with Crippen molar-refractivity contribution < 1.29 is 18.3 Å². The summed E-state index contributed by atoms with van der Waals surface area (Å²) in [5.41, 5.74) is 13.1. The van der Waals surface area contributed by atoms with E-state index in [-0.39, 0.29) is 35.5 Å². The minimum absolute atomic E-state index is 0.0286. The number of benzene rings is 1. The highest BCUT2D eigenvalue weighted by Crippen LogP contribution is 2.40. The monoisotopic (exact) mass is 483 g/mol. The Labute approximate surface area is 201 Å². The fraction of sp³-hybridized carbons (Fsp3) is 0.375. The van der Waals surface area contributed by atoms with E-state index in [2.05, 4.69) is 27.2 Å². The fourth-order valence-corrected chi connectivity index (χ4v) is 4.72. The molecule has 2 bridgehead atoms. The predicted octanol–water partition coefficient (Wildman–Crippen LogP) is 3.69. The average Bonchev–Trinajstić information content (AvgIpc) is 3.37. The molecule has 1 aromatic carbocycles. The standard InChI is InChI=1S/C24H27F2N7O2/c1-24(2,3)35-23(34)32-15-7-8-16(32)10-13(9-15)14-11-17(21(27)28-12-14)22-29-30-31-33(22)19-6-4-5-18(25)20(19)26/h4-6,9,11-12,15-16,30-31H,7-8,10H2,1-3H3,(H2,27,28). The number of pyridine rings is 1. The highest BCUT2D eigenvalue weighted by molar-refractivity contribution is 6.12. The Bertz CT molecular complexity index is 1240. The molecule has 1 amide bonds. The summed E-state index contributed by atoms with van der Waals surface area (Å²) < 4.78 is 33.9. The number of nitrogens with two attached hydrogens (primary N) is 1. The van der Waals surface area contributed by atoms with Gasteiger partial charge >= 0.3 is 6.09 Å². The number of nitrogens with zero attached hydrogens (tertiary/aromatic N) is 4. The van der Waals surface area contributed by atoms with Crippen LogP contribution in [-0.4, -0.2) is 39.5 Å². The quantitative estimate of drug-likeness (QED) is 0.611. The van der Waals surface area contributed by atoms with Crippen LogP contribution in [0.25, 0.3) is 5.57 Å². The number of carbonyl (C=O) groups excluding carboxylic acids is 1. The molecule has 1 fully saturated rings. The summed E-state index contributed by atoms with van der Waals surface area (Å²) in [6, 6.07) is 5.66. The number of amides is 1. The van der Waals surface area contributed by atoms with Gasteiger partial charge in [-0.1, -0.05) is 12.1 Å². The van der Waals surface area contributed by atoms with Gasteiger partial charge < -0.3 is 10.5 Å². The molecule has 35 heavy (non-hydrogen) atoms. The van der Waals surface area contributed by atoms with Crippen LogP contribution in [0.5, 0.6) is 0 Å². The van der Waals surface area contributed by atoms with Gasteiger partial charge in [-0.3, -0.25) is 4.90 Å². The lowest BCUT2D eigenvalue weighted by Crippen LogP contribution is -2.45. The van der Waals surface area contributed by atoms with Crippen molar-refractivity contribution in [2.75, 3.05) is 10.7 Å². The summed E-state index contributed by atoms with van der Waals surface area (Å²) in [5.74, 6) is -1.56. The summed E-state index contributed by atoms with van der Waals surface area (Å²) in [6.07, 6.45) is 5.83. The number of hydrogen-bond acceptors (Lipinski definition) is 8. The summed E-state index contributed by atoms with van der Waals surface area (Å²) in [4.78, 5) is 18.9. The Morgan fingerprint density at radius 1 is 1.26 bits per heavy atom. The first-order valence-corrected chi connectivity index (χ1v) is 11.4. The van der Waals surface area contributed by atoms with Crippen molar-refractivity contribution >= 4 is 29.0 Å². The Hall–Kier alpha value is -3.73. The first kappa shape index (κ1) is 23.0. The molecule has 1 saturated heterocycles. The maximum Gasteiger partial charge on any atom is 0.411 e. The van der Waals surface area contributed by atoms with Crippen molar-refractivity contribution in [3.05, 3.63) is 59.3 Å². The zero-order valence-electron chi connectivity index (χ0n) is 19.7. The molecule has 4 heterocycles. The molecule has 9 nitrogen and oxygen atoms in total. The number of anilines is 2. The van der Waals surface area contributed by atoms with Crippen molar-refractivity contribution in [1.29, 1.82) is 0 Å². The molecule has 0 aliphatic carbocycles. The fourth-order valence-electron chi connectivity index (χ4n) is 4.72. The van der Waals surface area contributed by atoms with Gasteiger partial charge in [0.1, 0.15) is 17.1 Å². The number of nitrogen functional groups attached to an aromatic ring is 1. The molecule has 0 spiro atoms. The van der Waals surface area contributed by atoms with Crippen LogP contribution < -0.4 is 21.8 Å². The first-order chi connectivity index (χ1) is 16.6. The molecular formula is C24H27F2N7O2. The molecular weight excluding hydrogens is 456 g/mol. The van der Waals surface area contributed by atoms with Crippen LogP contribution in [0.4, 0.5) is 25.1 Å². The van der Waals surface area contributed by atoms with Gasteiger partial charge in [0, 0.05) is 12.2 Å². The number of hydrazone groups is 1. The third-order valence-corrected chi connectivity index (χ3v) is 6.24. The second-order valence-electron chi connectivity index (χ2n) is 9.81. The largest absolute Gasteiger partial charge is 0.444 e. The molecule has 2 unspecified atom stereocenters. The molecule has 2 atom stereocenters. The molecule has 4 N–H and O–H groups in total. The van der Waals surface area contributed by atoms with Crippen LogP contribution in [0, 0.1) is 11.6 Å². The number of halogens is 2. The van der Waals surface area contributed by atoms with Crippen LogP contribution in [0.2, 0.25) is 0 Å². The number of fused-ring (bicyclic) bond motifs is 2. The van der Waals surface area contributed by atoms with E-state index >= 15 is 0 Å². The minimum Gasteiger partial charge on any atom is -0.444 e. The van der Waals surface area contributed by atoms with E-state index < -0.39 is 17.2 Å². The number of aromatic nitrogens is 1. The highest BCUT2D eigenvalue weighted by Gasteiger charge is 2.42. The number of nitrogens with one attached hydrogen (secondary N) is 2. The van der Waals surface area contributed by atoms with Gasteiger partial charge in [0.15, 0.2) is 17.5 Å². The number of hydrazine groups is 2. The summed E-state index contributed by atoms with van der Waals surface area (Å²) in [6.45, 7) is 5.57. The summed E-state index contributed by atoms with van der Waals surface area (Å²) in [5, 5.41) is 5.45. The molecule has 1 aromatic heterocycles. The smallest absolute Gasteiger partial charge is 0.411 e. The van der Waals surface area contributed by atoms with Gasteiger partial charge in [0.05, 0.1) is 11.6 Å². The lowest BCUT2D eigenvalue weighted by Gasteiger charge is -2.35. The second kappa shape index (κ2) is 8.49. The second-order valence-corrected chi connectivity index (χ2v) is 9.81. The maximum atomic E-state index is 14.5. The average molecular weight is 484 g/mol. The van der Waals surface area contributed by atoms with E-state index in [0.29, 0.717) is 12.0 Å². The summed E-state index contributed by atoms with van der Waals surface area (Å²) in [7, 11) is 0. The third-order valence-electron chi connectivity index (χ3n) is 6.24. The van der Waals surface area contributed by atoms with Crippen molar-refractivity contribution in [1.82, 2.24) is 21.0 Å². The Morgan fingerprint density at radius 2 is 2.06 bits per heavy atom. The molecule has 2 aromatic rings. The third kappa shape index (κ3) is 4.27. The first-order valence-electron chi connectivity index (χ1n) is 11.4. The SMILES string of the molecule is CC(C)(C)OC(=O)N1C2C=C(c3cnc(N)c(C4=NNNN4c4cccc(F)c4F)c3)CC1CC2. The molecule has 3 aliphatic heterocycles. The summed E-state index contributed by atoms with van der Waals surface area (Å²) >= 11 is 0. The normalized spacial score (nSPS) is 21.5. The number of rotatable bonds is 3. The van der Waals surface area contributed by atoms with Crippen molar-refractivity contribution in [3.8, 4) is 0 Å². The van der Waals surface area contributed by atoms with Crippen molar-refractivity contribution in [2.45, 2.75) is 57.7 Å². The number of amidine groups is 1. The van der Waals surface area contributed by atoms with Crippen molar-refractivity contribution in [2.24, 2.45) is 5.10 Å². The molecule has 5 rings (SSSR count). The van der Waals surface area contributed by atoms with Gasteiger partial charge in [-0.15, -0.1) is 10.6 Å². The molecule has 11 heteroatoms. The van der Waals surface area contributed by atoms with Gasteiger partial charge in [-0.05, 0) is 69.4 Å². The number of ether oxygens (including phenoxy) is 1. The van der Waals surface area contributed by atoms with Crippen LogP contribution in [0.15, 0.2) is 41.6 Å². The highest BCUT2D eigenvalue weighted by atomic mass is 19.2. The van der Waals surface area contributed by atoms with Gasteiger partial charge in [0.2, 0.25) is 0 Å². The zero-order valence-corrected chi connectivity index (χ0v) is 19.7. The van der Waals surface area contributed by atoms with Gasteiger partial charge in [-0.2, -0.15) is 0 Å². The lowest BCUT2D eigenvalue weighted by atomic mass is 9.95. The lowest BCUT2D eigenvalue weighted by molar-refractivity contribution is 0.0175. The van der Waals surface area contributed by atoms with E-state index in [1.165, 1.54) is 17.1 Å². The van der Waals surface area contributed by atoms with Crippen LogP contribution in [0.3, 0.4) is 0 Å². The van der Waals surface area contributed by atoms with Crippen LogP contribution >= 0.6 is 0 Å². The van der Waals surface area contributed by atoms with Crippen LogP contribution in [0.1, 0.15) is 51.2 Å². The van der Waals surface area contributed by atoms with E-state index in [9.17, 15) is 13.6 Å². The van der Waals surface area contributed by atoms with Gasteiger partial charge in [0.25, 0.3) is 0 Å². The molecule has 184 valence electrons. The molecule has 0 radical (unpaired) electrons. The van der Waals surface area contributed by atoms with E-state index in [1.54, 1.807) is 6.20 Å². The molecule has 3 aliphatic rings. The van der Waals surface area contributed by atoms with Crippen LogP contribution in [-0.2, 0) is 4.74 Å². The topological polar surface area (TPSA) is 108 Å².